The summed E-state index contributed by atoms with van der Waals surface area (Å²) in [5.41, 5.74) is -0.975. The summed E-state index contributed by atoms with van der Waals surface area (Å²) in [4.78, 5) is 11.1. The highest BCUT2D eigenvalue weighted by molar-refractivity contribution is 5.71. The zero-order chi connectivity index (χ0) is 12.6. The predicted octanol–water partition coefficient (Wildman–Crippen LogP) is 2.67. The maximum atomic E-state index is 11.1. The van der Waals surface area contributed by atoms with Crippen LogP contribution >= 0.6 is 0 Å². The number of carbonyl (C=O) groups is 1. The van der Waals surface area contributed by atoms with Crippen LogP contribution in [0.1, 0.15) is 53.4 Å². The topological polar surface area (TPSA) is 57.5 Å². The minimum absolute atomic E-state index is 0.312. The molecule has 2 N–H and O–H groups in total. The molecule has 1 saturated carbocycles. The smallest absolute Gasteiger partial charge is 0.307 e. The fourth-order valence-electron chi connectivity index (χ4n) is 3.26. The normalized spacial score (nSPS) is 34.0. The molecule has 1 aliphatic rings. The van der Waals surface area contributed by atoms with E-state index in [1.807, 2.05) is 13.8 Å². The zero-order valence-electron chi connectivity index (χ0n) is 10.8. The minimum atomic E-state index is -0.725. The van der Waals surface area contributed by atoms with Gasteiger partial charge < -0.3 is 10.2 Å². The summed E-state index contributed by atoms with van der Waals surface area (Å²) in [7, 11) is 0. The first-order chi connectivity index (χ1) is 7.16. The van der Waals surface area contributed by atoms with Crippen LogP contribution in [-0.2, 0) is 4.79 Å². The molecule has 0 aromatic rings. The van der Waals surface area contributed by atoms with Crippen molar-refractivity contribution in [2.75, 3.05) is 0 Å². The highest BCUT2D eigenvalue weighted by Crippen LogP contribution is 2.47. The summed E-state index contributed by atoms with van der Waals surface area (Å²) < 4.78 is 0. The third-order valence-corrected chi connectivity index (χ3v) is 3.71. The molecule has 16 heavy (non-hydrogen) atoms. The number of hydrogen-bond acceptors (Lipinski definition) is 2. The largest absolute Gasteiger partial charge is 0.481 e. The highest BCUT2D eigenvalue weighted by Gasteiger charge is 2.47. The van der Waals surface area contributed by atoms with Gasteiger partial charge in [-0.3, -0.25) is 4.79 Å². The Hall–Kier alpha value is -0.570. The van der Waals surface area contributed by atoms with E-state index in [2.05, 4.69) is 13.8 Å². The summed E-state index contributed by atoms with van der Waals surface area (Å²) in [6.45, 7) is 8.09. The quantitative estimate of drug-likeness (QED) is 0.780. The van der Waals surface area contributed by atoms with Gasteiger partial charge in [-0.05, 0) is 37.0 Å². The van der Waals surface area contributed by atoms with E-state index in [1.54, 1.807) is 0 Å². The lowest BCUT2D eigenvalue weighted by atomic mass is 9.62. The number of rotatable bonds is 3. The fourth-order valence-corrected chi connectivity index (χ4v) is 3.26. The Bertz CT molecular complexity index is 270. The van der Waals surface area contributed by atoms with Crippen LogP contribution in [0.2, 0.25) is 0 Å². The van der Waals surface area contributed by atoms with Crippen LogP contribution in [0.4, 0.5) is 0 Å². The highest BCUT2D eigenvalue weighted by atomic mass is 16.4. The number of aliphatic carboxylic acids is 1. The number of hydrogen-bond donors (Lipinski definition) is 2. The Kier molecular flexibility index (Phi) is 3.68. The van der Waals surface area contributed by atoms with Crippen LogP contribution in [0, 0.1) is 17.3 Å². The van der Waals surface area contributed by atoms with E-state index in [-0.39, 0.29) is 11.3 Å². The number of carboxylic acids is 1. The summed E-state index contributed by atoms with van der Waals surface area (Å²) >= 11 is 0. The van der Waals surface area contributed by atoms with E-state index in [1.165, 1.54) is 0 Å². The van der Waals surface area contributed by atoms with Gasteiger partial charge in [-0.2, -0.15) is 0 Å². The minimum Gasteiger partial charge on any atom is -0.481 e. The van der Waals surface area contributed by atoms with Crippen molar-refractivity contribution in [2.24, 2.45) is 17.3 Å². The fraction of sp³-hybridized carbons (Fsp3) is 0.923. The van der Waals surface area contributed by atoms with Crippen LogP contribution in [0.3, 0.4) is 0 Å². The van der Waals surface area contributed by atoms with Crippen LogP contribution in [0.25, 0.3) is 0 Å². The first-order valence-corrected chi connectivity index (χ1v) is 6.11. The van der Waals surface area contributed by atoms with Crippen molar-refractivity contribution in [3.8, 4) is 0 Å². The van der Waals surface area contributed by atoms with Gasteiger partial charge >= 0.3 is 5.97 Å². The summed E-state index contributed by atoms with van der Waals surface area (Å²) in [5.74, 6) is -0.598. The van der Waals surface area contributed by atoms with Gasteiger partial charge in [-0.1, -0.05) is 27.7 Å². The molecule has 0 radical (unpaired) electrons. The number of aliphatic hydroxyl groups is 1. The molecule has 3 nitrogen and oxygen atoms in total. The molecule has 1 fully saturated rings. The lowest BCUT2D eigenvalue weighted by Crippen LogP contribution is -2.46. The second-order valence-electron chi connectivity index (χ2n) is 6.42. The molecule has 94 valence electrons. The van der Waals surface area contributed by atoms with Crippen molar-refractivity contribution in [1.82, 2.24) is 0 Å². The van der Waals surface area contributed by atoms with Crippen LogP contribution in [0.5, 0.6) is 0 Å². The Morgan fingerprint density at radius 1 is 1.44 bits per heavy atom. The molecular formula is C13H24O3. The van der Waals surface area contributed by atoms with Gasteiger partial charge in [0.15, 0.2) is 0 Å². The van der Waals surface area contributed by atoms with E-state index < -0.39 is 11.6 Å². The predicted molar refractivity (Wildman–Crippen MR) is 63.2 cm³/mol. The Balaban J connectivity index is 2.77. The van der Waals surface area contributed by atoms with Crippen molar-refractivity contribution in [2.45, 2.75) is 59.0 Å². The van der Waals surface area contributed by atoms with E-state index in [0.717, 1.165) is 6.42 Å². The molecule has 3 heteroatoms. The third kappa shape index (κ3) is 2.97. The second kappa shape index (κ2) is 4.36. The lowest BCUT2D eigenvalue weighted by Gasteiger charge is -2.45. The van der Waals surface area contributed by atoms with Gasteiger partial charge in [0.2, 0.25) is 0 Å². The molecule has 1 aliphatic carbocycles. The van der Waals surface area contributed by atoms with Crippen molar-refractivity contribution < 1.29 is 15.0 Å². The summed E-state index contributed by atoms with van der Waals surface area (Å²) in [6.07, 6.45) is 2.56. The summed E-state index contributed by atoms with van der Waals surface area (Å²) in [5, 5.41) is 19.6. The average molecular weight is 228 g/mol. The number of carboxylic acid groups (broad SMARTS) is 1. The van der Waals surface area contributed by atoms with E-state index in [4.69, 9.17) is 5.11 Å². The average Bonchev–Trinajstić information content (AvgIpc) is 1.97. The van der Waals surface area contributed by atoms with E-state index in [0.29, 0.717) is 25.2 Å². The molecular weight excluding hydrogens is 204 g/mol. The molecule has 0 aromatic carbocycles. The molecule has 0 unspecified atom stereocenters. The standard InChI is InChI=1S/C13H24O3/c1-9(2)7-13(16)6-5-10(11(14)15)12(3,4)8-13/h9-10,16H,5-8H2,1-4H3,(H,14,15)/t10-,13+/m0/s1. The van der Waals surface area contributed by atoms with Gasteiger partial charge in [0.25, 0.3) is 0 Å². The molecule has 0 amide bonds. The first-order valence-electron chi connectivity index (χ1n) is 6.11. The van der Waals surface area contributed by atoms with Crippen LogP contribution in [0.15, 0.2) is 0 Å². The second-order valence-corrected chi connectivity index (χ2v) is 6.42. The van der Waals surface area contributed by atoms with E-state index in [9.17, 15) is 9.90 Å². The Morgan fingerprint density at radius 3 is 2.38 bits per heavy atom. The Morgan fingerprint density at radius 2 is 2.00 bits per heavy atom. The van der Waals surface area contributed by atoms with Gasteiger partial charge in [0, 0.05) is 0 Å². The lowest BCUT2D eigenvalue weighted by molar-refractivity contribution is -0.154. The Labute approximate surface area is 97.9 Å². The maximum Gasteiger partial charge on any atom is 0.307 e. The zero-order valence-corrected chi connectivity index (χ0v) is 10.8. The molecule has 0 aliphatic heterocycles. The van der Waals surface area contributed by atoms with E-state index >= 15 is 0 Å². The van der Waals surface area contributed by atoms with Crippen LogP contribution in [-0.4, -0.2) is 21.8 Å². The first kappa shape index (κ1) is 13.5. The maximum absolute atomic E-state index is 11.1. The van der Waals surface area contributed by atoms with Gasteiger partial charge in [0.1, 0.15) is 0 Å². The molecule has 0 spiro atoms. The molecule has 2 atom stereocenters. The molecule has 0 bridgehead atoms. The SMILES string of the molecule is CC(C)C[C@]1(O)CC[C@@H](C(=O)O)C(C)(C)C1. The molecule has 0 aromatic heterocycles. The monoisotopic (exact) mass is 228 g/mol. The molecule has 1 rings (SSSR count). The summed E-state index contributed by atoms with van der Waals surface area (Å²) in [6, 6.07) is 0. The third-order valence-electron chi connectivity index (χ3n) is 3.71. The van der Waals surface area contributed by atoms with Gasteiger partial charge in [-0.15, -0.1) is 0 Å². The van der Waals surface area contributed by atoms with Crippen molar-refractivity contribution in [3.05, 3.63) is 0 Å². The van der Waals surface area contributed by atoms with Crippen LogP contribution < -0.4 is 0 Å². The van der Waals surface area contributed by atoms with Crippen molar-refractivity contribution >= 4 is 5.97 Å². The molecule has 0 heterocycles. The van der Waals surface area contributed by atoms with Crippen molar-refractivity contribution in [1.29, 1.82) is 0 Å². The van der Waals surface area contributed by atoms with Gasteiger partial charge in [0.05, 0.1) is 11.5 Å². The molecule has 0 saturated heterocycles. The van der Waals surface area contributed by atoms with Crippen molar-refractivity contribution in [3.63, 3.8) is 0 Å². The van der Waals surface area contributed by atoms with Gasteiger partial charge in [-0.25, -0.2) is 0 Å².